The van der Waals surface area contributed by atoms with Crippen LogP contribution in [0.5, 0.6) is 5.75 Å². The molecule has 1 N–H and O–H groups in total. The summed E-state index contributed by atoms with van der Waals surface area (Å²) in [7, 11) is 0. The van der Waals surface area contributed by atoms with Gasteiger partial charge in [0.1, 0.15) is 11.3 Å². The van der Waals surface area contributed by atoms with E-state index in [-0.39, 0.29) is 11.7 Å². The Kier molecular flexibility index (Phi) is 3.99. The van der Waals surface area contributed by atoms with Crippen LogP contribution in [0.25, 0.3) is 5.65 Å². The van der Waals surface area contributed by atoms with Crippen LogP contribution in [0.4, 0.5) is 5.69 Å². The second-order valence-electron chi connectivity index (χ2n) is 6.63. The Bertz CT molecular complexity index is 956. The van der Waals surface area contributed by atoms with Crippen LogP contribution in [0.2, 0.25) is 0 Å². The quantitative estimate of drug-likeness (QED) is 0.765. The molecule has 3 aromatic rings. The van der Waals surface area contributed by atoms with Crippen LogP contribution in [0.1, 0.15) is 21.7 Å². The van der Waals surface area contributed by atoms with Crippen molar-refractivity contribution in [3.8, 4) is 5.75 Å². The molecular weight excluding hydrogens is 330 g/mol. The number of nitrogens with zero attached hydrogens (tertiary/aromatic N) is 5. The zero-order valence-electron chi connectivity index (χ0n) is 14.9. The number of amides is 1. The van der Waals surface area contributed by atoms with Crippen molar-refractivity contribution in [1.82, 2.24) is 19.5 Å². The van der Waals surface area contributed by atoms with E-state index >= 15 is 0 Å². The first-order valence-electron chi connectivity index (χ1n) is 8.68. The van der Waals surface area contributed by atoms with Crippen LogP contribution in [-0.2, 0) is 0 Å². The summed E-state index contributed by atoms with van der Waals surface area (Å²) in [6.45, 7) is 6.66. The molecule has 134 valence electrons. The Morgan fingerprint density at radius 3 is 2.46 bits per heavy atom. The summed E-state index contributed by atoms with van der Waals surface area (Å²) in [5.74, 6) is 0.233. The topological polar surface area (TPSA) is 74.0 Å². The van der Waals surface area contributed by atoms with Crippen LogP contribution >= 0.6 is 0 Å². The highest BCUT2D eigenvalue weighted by atomic mass is 16.3. The van der Waals surface area contributed by atoms with E-state index < -0.39 is 0 Å². The lowest BCUT2D eigenvalue weighted by molar-refractivity contribution is 0.0748. The fraction of sp³-hybridized carbons (Fsp3) is 0.316. The van der Waals surface area contributed by atoms with Gasteiger partial charge in [-0.1, -0.05) is 0 Å². The van der Waals surface area contributed by atoms with E-state index in [4.69, 9.17) is 0 Å². The maximum absolute atomic E-state index is 13.0. The fourth-order valence-electron chi connectivity index (χ4n) is 3.42. The van der Waals surface area contributed by atoms with Crippen LogP contribution in [0.3, 0.4) is 0 Å². The zero-order valence-corrected chi connectivity index (χ0v) is 14.9. The smallest absolute Gasteiger partial charge is 0.259 e. The Labute approximate surface area is 151 Å². The van der Waals surface area contributed by atoms with Gasteiger partial charge in [-0.05, 0) is 44.2 Å². The predicted octanol–water partition coefficient (Wildman–Crippen LogP) is 2.01. The lowest BCUT2D eigenvalue weighted by atomic mass is 10.2. The molecule has 0 saturated carbocycles. The summed E-state index contributed by atoms with van der Waals surface area (Å²) in [4.78, 5) is 21.5. The molecule has 7 nitrogen and oxygen atoms in total. The van der Waals surface area contributed by atoms with Gasteiger partial charge >= 0.3 is 0 Å². The average Bonchev–Trinajstić information content (AvgIpc) is 3.06. The van der Waals surface area contributed by atoms with Crippen LogP contribution in [-0.4, -0.2) is 56.7 Å². The average molecular weight is 351 g/mol. The maximum atomic E-state index is 13.0. The summed E-state index contributed by atoms with van der Waals surface area (Å²) in [5, 5.41) is 13.7. The van der Waals surface area contributed by atoms with Crippen molar-refractivity contribution in [3.63, 3.8) is 0 Å². The number of piperazine rings is 1. The van der Waals surface area contributed by atoms with Gasteiger partial charge in [-0.2, -0.15) is 5.10 Å². The van der Waals surface area contributed by atoms with E-state index in [1.165, 1.54) is 0 Å². The minimum Gasteiger partial charge on any atom is -0.508 e. The zero-order chi connectivity index (χ0) is 18.3. The number of rotatable bonds is 2. The number of carbonyl (C=O) groups excluding carboxylic acids is 1. The highest BCUT2D eigenvalue weighted by Crippen LogP contribution is 2.21. The van der Waals surface area contributed by atoms with Gasteiger partial charge < -0.3 is 14.9 Å². The van der Waals surface area contributed by atoms with Gasteiger partial charge in [0.05, 0.1) is 6.20 Å². The summed E-state index contributed by atoms with van der Waals surface area (Å²) in [6, 6.07) is 9.11. The number of aromatic nitrogens is 3. The first kappa shape index (κ1) is 16.4. The number of aromatic hydroxyl groups is 1. The molecule has 0 unspecified atom stereocenters. The number of phenols is 1. The van der Waals surface area contributed by atoms with Gasteiger partial charge in [0.15, 0.2) is 5.65 Å². The molecule has 2 aromatic heterocycles. The molecule has 0 atom stereocenters. The number of hydrogen-bond donors (Lipinski definition) is 1. The Hall–Kier alpha value is -3.09. The van der Waals surface area contributed by atoms with Crippen molar-refractivity contribution in [1.29, 1.82) is 0 Å². The van der Waals surface area contributed by atoms with Gasteiger partial charge in [-0.25, -0.2) is 9.50 Å². The molecule has 0 aliphatic carbocycles. The molecule has 3 heterocycles. The number of carbonyl (C=O) groups is 1. The molecule has 0 radical (unpaired) electrons. The van der Waals surface area contributed by atoms with Crippen molar-refractivity contribution < 1.29 is 9.90 Å². The lowest BCUT2D eigenvalue weighted by Gasteiger charge is -2.36. The molecule has 1 aromatic carbocycles. The van der Waals surface area contributed by atoms with E-state index in [9.17, 15) is 9.90 Å². The molecule has 1 aliphatic rings. The Balaban J connectivity index is 1.51. The number of aryl methyl sites for hydroxylation is 2. The number of benzene rings is 1. The molecule has 1 saturated heterocycles. The summed E-state index contributed by atoms with van der Waals surface area (Å²) in [6.07, 6.45) is 1.61. The molecule has 0 bridgehead atoms. The predicted molar refractivity (Wildman–Crippen MR) is 98.7 cm³/mol. The van der Waals surface area contributed by atoms with Gasteiger partial charge in [-0.15, -0.1) is 0 Å². The van der Waals surface area contributed by atoms with E-state index in [0.29, 0.717) is 24.3 Å². The second kappa shape index (κ2) is 6.33. The van der Waals surface area contributed by atoms with Gasteiger partial charge in [0.2, 0.25) is 0 Å². The van der Waals surface area contributed by atoms with Crippen LogP contribution in [0, 0.1) is 13.8 Å². The minimum atomic E-state index is -0.0251. The maximum Gasteiger partial charge on any atom is 0.259 e. The fourth-order valence-corrected chi connectivity index (χ4v) is 3.42. The van der Waals surface area contributed by atoms with E-state index in [2.05, 4.69) is 15.0 Å². The van der Waals surface area contributed by atoms with Crippen LogP contribution in [0.15, 0.2) is 36.5 Å². The molecule has 4 rings (SSSR count). The van der Waals surface area contributed by atoms with Crippen LogP contribution < -0.4 is 4.90 Å². The van der Waals surface area contributed by atoms with E-state index in [1.807, 2.05) is 36.9 Å². The Morgan fingerprint density at radius 1 is 1.08 bits per heavy atom. The number of phenolic OH excluding ortho intramolecular Hbond substituents is 1. The lowest BCUT2D eigenvalue weighted by Crippen LogP contribution is -2.48. The third-order valence-electron chi connectivity index (χ3n) is 4.79. The minimum absolute atomic E-state index is 0.0251. The molecule has 1 fully saturated rings. The normalized spacial score (nSPS) is 14.8. The molecule has 26 heavy (non-hydrogen) atoms. The Morgan fingerprint density at radius 2 is 1.77 bits per heavy atom. The third kappa shape index (κ3) is 2.85. The number of hydrogen-bond acceptors (Lipinski definition) is 5. The van der Waals surface area contributed by atoms with Gasteiger partial charge in [0.25, 0.3) is 5.91 Å². The largest absolute Gasteiger partial charge is 0.508 e. The number of anilines is 1. The van der Waals surface area contributed by atoms with E-state index in [1.54, 1.807) is 22.8 Å². The van der Waals surface area contributed by atoms with Gasteiger partial charge in [0, 0.05) is 43.3 Å². The third-order valence-corrected chi connectivity index (χ3v) is 4.79. The summed E-state index contributed by atoms with van der Waals surface area (Å²) >= 11 is 0. The second-order valence-corrected chi connectivity index (χ2v) is 6.63. The molecule has 0 spiro atoms. The molecule has 1 aliphatic heterocycles. The van der Waals surface area contributed by atoms with Crippen molar-refractivity contribution in [3.05, 3.63) is 53.5 Å². The van der Waals surface area contributed by atoms with E-state index in [0.717, 1.165) is 30.2 Å². The SMILES string of the molecule is Cc1cc(C)n2ncc(C(=O)N3CCN(c4ccc(O)cc4)CC3)c2n1. The molecule has 1 amide bonds. The molecular formula is C19H21N5O2. The monoisotopic (exact) mass is 351 g/mol. The highest BCUT2D eigenvalue weighted by Gasteiger charge is 2.25. The standard InChI is InChI=1S/C19H21N5O2/c1-13-11-14(2)24-18(21-13)17(12-20-24)19(26)23-9-7-22(8-10-23)15-3-5-16(25)6-4-15/h3-6,11-12,25H,7-10H2,1-2H3. The van der Waals surface area contributed by atoms with Crippen molar-refractivity contribution in [2.24, 2.45) is 0 Å². The van der Waals surface area contributed by atoms with Crippen molar-refractivity contribution in [2.75, 3.05) is 31.1 Å². The summed E-state index contributed by atoms with van der Waals surface area (Å²) in [5.41, 5.74) is 4.06. The first-order chi connectivity index (χ1) is 12.5. The summed E-state index contributed by atoms with van der Waals surface area (Å²) < 4.78 is 1.72. The van der Waals surface area contributed by atoms with Crippen molar-refractivity contribution in [2.45, 2.75) is 13.8 Å². The van der Waals surface area contributed by atoms with Crippen molar-refractivity contribution >= 4 is 17.2 Å². The number of fused-ring (bicyclic) bond motifs is 1. The molecule has 7 heteroatoms. The highest BCUT2D eigenvalue weighted by molar-refractivity contribution is 5.99. The first-order valence-corrected chi connectivity index (χ1v) is 8.68. The van der Waals surface area contributed by atoms with Gasteiger partial charge in [-0.3, -0.25) is 4.79 Å².